The molecule has 0 aliphatic carbocycles. The molecule has 0 radical (unpaired) electrons. The molecule has 2 aromatic rings. The molecule has 184 valence electrons. The van der Waals surface area contributed by atoms with Crippen LogP contribution in [0.5, 0.6) is 0 Å². The summed E-state index contributed by atoms with van der Waals surface area (Å²) in [5.74, 6) is 0. The van der Waals surface area contributed by atoms with Crippen molar-refractivity contribution in [1.29, 1.82) is 0 Å². The number of carbonyl (C=O) groups is 2. The van der Waals surface area contributed by atoms with E-state index in [-0.39, 0.29) is 18.2 Å². The summed E-state index contributed by atoms with van der Waals surface area (Å²) < 4.78 is 36.5. The number of piperidine rings is 1. The molecule has 0 aromatic heterocycles. The van der Waals surface area contributed by atoms with Crippen LogP contribution in [0.2, 0.25) is 0 Å². The van der Waals surface area contributed by atoms with Gasteiger partial charge in [0.15, 0.2) is 0 Å². The Morgan fingerprint density at radius 3 is 2.44 bits per heavy atom. The fourth-order valence-electron chi connectivity index (χ4n) is 4.45. The van der Waals surface area contributed by atoms with Crippen LogP contribution in [-0.2, 0) is 20.7 Å². The Morgan fingerprint density at radius 2 is 1.76 bits per heavy atom. The van der Waals surface area contributed by atoms with Gasteiger partial charge in [-0.05, 0) is 31.9 Å². The van der Waals surface area contributed by atoms with E-state index in [2.05, 4.69) is 5.32 Å². The molecule has 10 nitrogen and oxygen atoms in total. The number of ether oxygens (including phenoxy) is 2. The molecule has 0 bridgehead atoms. The lowest BCUT2D eigenvalue weighted by Crippen LogP contribution is -2.47. The minimum Gasteiger partial charge on any atom is -0.755 e. The summed E-state index contributed by atoms with van der Waals surface area (Å²) in [5, 5.41) is 4.43. The number of nitrogens with zero attached hydrogens (tertiary/aromatic N) is 3. The number of carbonyl (C=O) groups excluding carboxylic acids is 2. The number of likely N-dealkylation sites (tertiary alicyclic amines) is 1. The molecule has 2 fully saturated rings. The lowest BCUT2D eigenvalue weighted by molar-refractivity contribution is 0.0565. The van der Waals surface area contributed by atoms with Crippen LogP contribution in [0, 0.1) is 0 Å². The second-order valence-corrected chi connectivity index (χ2v) is 9.00. The quantitative estimate of drug-likeness (QED) is 0.646. The summed E-state index contributed by atoms with van der Waals surface area (Å²) in [6.07, 6.45) is 0.620. The van der Waals surface area contributed by atoms with Gasteiger partial charge in [-0.25, -0.2) is 9.59 Å². The Balaban J connectivity index is 1.57. The Morgan fingerprint density at radius 1 is 1.09 bits per heavy atom. The average molecular weight is 490 g/mol. The van der Waals surface area contributed by atoms with E-state index in [4.69, 9.17) is 9.47 Å². The summed E-state index contributed by atoms with van der Waals surface area (Å²) in [6.45, 7) is 4.95. The van der Waals surface area contributed by atoms with Crippen molar-refractivity contribution in [3.8, 4) is 0 Å². The van der Waals surface area contributed by atoms with Crippen LogP contribution >= 0.6 is 0 Å². The highest BCUT2D eigenvalue weighted by Crippen LogP contribution is 2.35. The molecule has 34 heavy (non-hydrogen) atoms. The maximum atomic E-state index is 12.7. The van der Waals surface area contributed by atoms with Gasteiger partial charge in [-0.1, -0.05) is 24.3 Å². The van der Waals surface area contributed by atoms with Gasteiger partial charge in [0.05, 0.1) is 31.2 Å². The van der Waals surface area contributed by atoms with Crippen LogP contribution in [0.25, 0.3) is 10.8 Å². The Bertz CT molecular complexity index is 1050. The second kappa shape index (κ2) is 11.0. The van der Waals surface area contributed by atoms with Gasteiger partial charge in [-0.2, -0.15) is 0 Å². The standard InChI is InChI=1S/C23H30N4O6S/c1-2-33-23(29)26-11-9-17(10-12-26)27(34(30)31)21-8-4-5-18-19(21)6-3-7-20(18)24-22(28)25-13-15-32-16-14-25/h3-8,17H,2,9-16H2,1H3,(H,24,28)(H,30,31)/p-1. The third-order valence-electron chi connectivity index (χ3n) is 6.16. The summed E-state index contributed by atoms with van der Waals surface area (Å²) in [5.41, 5.74) is 1.16. The maximum Gasteiger partial charge on any atom is 0.409 e. The minimum absolute atomic E-state index is 0.211. The zero-order valence-electron chi connectivity index (χ0n) is 19.1. The molecule has 2 aliphatic rings. The van der Waals surface area contributed by atoms with Crippen LogP contribution in [0.4, 0.5) is 21.0 Å². The van der Waals surface area contributed by atoms with E-state index in [0.717, 1.165) is 10.8 Å². The molecule has 0 spiro atoms. The first-order chi connectivity index (χ1) is 16.5. The van der Waals surface area contributed by atoms with E-state index in [1.165, 1.54) is 4.31 Å². The number of amides is 3. The molecule has 2 aliphatic heterocycles. The minimum atomic E-state index is -2.52. The van der Waals surface area contributed by atoms with Crippen molar-refractivity contribution in [2.75, 3.05) is 55.6 Å². The van der Waals surface area contributed by atoms with E-state index >= 15 is 0 Å². The highest BCUT2D eigenvalue weighted by Gasteiger charge is 2.29. The lowest BCUT2D eigenvalue weighted by atomic mass is 10.0. The number of fused-ring (bicyclic) bond motifs is 1. The molecule has 1 unspecified atom stereocenters. The smallest absolute Gasteiger partial charge is 0.409 e. The van der Waals surface area contributed by atoms with Gasteiger partial charge in [0.2, 0.25) is 0 Å². The second-order valence-electron chi connectivity index (χ2n) is 8.17. The number of urea groups is 1. The summed E-state index contributed by atoms with van der Waals surface area (Å²) in [6, 6.07) is 10.4. The Hall–Kier alpha value is -2.89. The van der Waals surface area contributed by atoms with Gasteiger partial charge in [0.1, 0.15) is 0 Å². The fourth-order valence-corrected chi connectivity index (χ4v) is 5.23. The molecule has 1 atom stereocenters. The largest absolute Gasteiger partial charge is 0.755 e. The van der Waals surface area contributed by atoms with E-state index in [0.29, 0.717) is 70.2 Å². The van der Waals surface area contributed by atoms with Gasteiger partial charge in [0, 0.05) is 54.3 Å². The predicted molar refractivity (Wildman–Crippen MR) is 128 cm³/mol. The number of hydrogen-bond acceptors (Lipinski definition) is 6. The normalized spacial score (nSPS) is 17.9. The van der Waals surface area contributed by atoms with Crippen LogP contribution in [0.1, 0.15) is 19.8 Å². The molecule has 4 rings (SSSR count). The molecule has 2 aromatic carbocycles. The first kappa shape index (κ1) is 24.2. The third-order valence-corrected chi connectivity index (χ3v) is 6.98. The summed E-state index contributed by atoms with van der Waals surface area (Å²) in [7, 11) is 0. The van der Waals surface area contributed by atoms with E-state index in [1.807, 2.05) is 12.1 Å². The van der Waals surface area contributed by atoms with Crippen LogP contribution in [0.3, 0.4) is 0 Å². The highest BCUT2D eigenvalue weighted by atomic mass is 32.2. The molecule has 2 saturated heterocycles. The van der Waals surface area contributed by atoms with Gasteiger partial charge >= 0.3 is 12.1 Å². The first-order valence-corrected chi connectivity index (χ1v) is 12.5. The Labute approximate surface area is 201 Å². The van der Waals surface area contributed by atoms with Crippen molar-refractivity contribution >= 4 is 45.5 Å². The Kier molecular flexibility index (Phi) is 7.86. The number of nitrogens with one attached hydrogen (secondary N) is 1. The zero-order valence-corrected chi connectivity index (χ0v) is 19.9. The van der Waals surface area contributed by atoms with E-state index < -0.39 is 11.3 Å². The first-order valence-electron chi connectivity index (χ1n) is 11.4. The molecule has 1 N–H and O–H groups in total. The van der Waals surface area contributed by atoms with Crippen molar-refractivity contribution in [3.63, 3.8) is 0 Å². The molecular formula is C23H29N4O6S-. The molecule has 2 heterocycles. The monoisotopic (exact) mass is 489 g/mol. The average Bonchev–Trinajstić information content (AvgIpc) is 2.85. The maximum absolute atomic E-state index is 12.7. The van der Waals surface area contributed by atoms with Crippen molar-refractivity contribution in [2.45, 2.75) is 25.8 Å². The predicted octanol–water partition coefficient (Wildman–Crippen LogP) is 2.93. The van der Waals surface area contributed by atoms with Crippen molar-refractivity contribution in [1.82, 2.24) is 9.80 Å². The highest BCUT2D eigenvalue weighted by molar-refractivity contribution is 7.80. The van der Waals surface area contributed by atoms with Crippen molar-refractivity contribution in [3.05, 3.63) is 36.4 Å². The molecule has 0 saturated carbocycles. The lowest BCUT2D eigenvalue weighted by Gasteiger charge is -2.40. The van der Waals surface area contributed by atoms with Crippen molar-refractivity contribution in [2.24, 2.45) is 0 Å². The molecule has 3 amide bonds. The van der Waals surface area contributed by atoms with Crippen LogP contribution in [0.15, 0.2) is 36.4 Å². The number of rotatable bonds is 5. The van der Waals surface area contributed by atoms with Crippen LogP contribution < -0.4 is 9.62 Å². The van der Waals surface area contributed by atoms with Gasteiger partial charge < -0.3 is 29.1 Å². The summed E-state index contributed by atoms with van der Waals surface area (Å²) >= 11 is -2.52. The SMILES string of the molecule is CCOC(=O)N1CCC(N(c2cccc3c(NC(=O)N4CCOCC4)cccc23)S(=O)[O-])CC1. The number of anilines is 2. The summed E-state index contributed by atoms with van der Waals surface area (Å²) in [4.78, 5) is 28.0. The number of hydrogen-bond donors (Lipinski definition) is 1. The van der Waals surface area contributed by atoms with E-state index in [1.54, 1.807) is 41.0 Å². The zero-order chi connectivity index (χ0) is 24.1. The van der Waals surface area contributed by atoms with Gasteiger partial charge in [0.25, 0.3) is 0 Å². The fraction of sp³-hybridized carbons (Fsp3) is 0.478. The van der Waals surface area contributed by atoms with Crippen molar-refractivity contribution < 1.29 is 27.8 Å². The number of benzene rings is 2. The molecular weight excluding hydrogens is 460 g/mol. The topological polar surface area (TPSA) is 114 Å². The van der Waals surface area contributed by atoms with Gasteiger partial charge in [-0.15, -0.1) is 0 Å². The third kappa shape index (κ3) is 5.26. The molecule has 11 heteroatoms. The van der Waals surface area contributed by atoms with Crippen LogP contribution in [-0.4, -0.2) is 82.7 Å². The number of morpholine rings is 1. The van der Waals surface area contributed by atoms with Gasteiger partial charge in [-0.3, -0.25) is 8.51 Å². The van der Waals surface area contributed by atoms with E-state index in [9.17, 15) is 18.4 Å².